The predicted molar refractivity (Wildman–Crippen MR) is 306 cm³/mol. The van der Waals surface area contributed by atoms with E-state index in [0.29, 0.717) is 51.4 Å². The first kappa shape index (κ1) is 70.5. The van der Waals surface area contributed by atoms with Crippen LogP contribution in [-0.2, 0) is 71.2 Å². The van der Waals surface area contributed by atoms with Crippen molar-refractivity contribution in [2.45, 2.75) is 279 Å². The lowest BCUT2D eigenvalue weighted by Crippen LogP contribution is -2.70. The molecule has 29 heteroatoms. The third-order valence-corrected chi connectivity index (χ3v) is 24.0. The minimum Gasteiger partial charge on any atom is -0.457 e. The molecule has 12 heterocycles. The number of hydrogen-bond donors (Lipinski definition) is 14. The standard InChI is InChI=1S/C63H98O29/c1-26-46-47(88-51-43(76)38(71)30(67)22-81-51)45(78)53(84-26)90-48-39(72)31(68)23-82-54(48)92-56(79)63-15-13-57(2,3)17-28(63)27-9-10-35-59(5)18-29(66)50(60(6,25-65)34(59)11-12-62(35,8)61(27,7)14-16-63)91-55-49(42(75)40(73)32(21-64)86-55)89-52-44(77)41(74)33(24-83-52)85-36(69)19-58(4,80)20-37(70)87-46/h9,26,28-35,38-55,64-68,71-78,80H,10-25H2,1-8H3/t26-,28+,29+,30-,31-,32-,33-,34-,35-,38+,39-,40-,41-,42+,43-,44-,45-,46+,47+,48-,49-,50+,51+,52-,53+,54+,55+,58+,59+,60?,61-,62-,63+/m1/s1. The van der Waals surface area contributed by atoms with Crippen LogP contribution < -0.4 is 0 Å². The maximum Gasteiger partial charge on any atom is 0.315 e. The molecule has 5 aliphatic carbocycles. The molecule has 33 atom stereocenters. The van der Waals surface area contributed by atoms with Gasteiger partial charge < -0.3 is 128 Å². The molecule has 92 heavy (non-hydrogen) atoms. The van der Waals surface area contributed by atoms with E-state index < -0.39 is 244 Å². The molecule has 14 N–H and O–H groups in total. The first-order valence-corrected chi connectivity index (χ1v) is 32.6. The number of aliphatic hydroxyl groups excluding tert-OH is 13. The van der Waals surface area contributed by atoms with Gasteiger partial charge in [-0.25, -0.2) is 0 Å². The van der Waals surface area contributed by atoms with Crippen LogP contribution in [0.5, 0.6) is 0 Å². The van der Waals surface area contributed by atoms with Gasteiger partial charge in [-0.15, -0.1) is 0 Å². The molecule has 524 valence electrons. The fraction of sp³-hybridized carbons (Fsp3) is 0.921. The van der Waals surface area contributed by atoms with Gasteiger partial charge in [0.1, 0.15) is 79.4 Å². The Kier molecular flexibility index (Phi) is 19.8. The molecule has 0 aromatic carbocycles. The second-order valence-corrected chi connectivity index (χ2v) is 30.5. The SMILES string of the molecule is C[C@H]1O[C@H]2O[C@H]3[C@@H](OC[C@@H](O)[C@H]3O)OC(=O)[C@]34CCC(C)(C)C[C@H]3C3=CC[C@@H]5[C@@]6(C)C[C@H](O)[C@H](O[C@@H]7O[C@H](CO)[C@@H](O)[C@H](O)[C@H]7O[C@H]7OC[C@@H](OC(=O)C[C@](C)(O)CC(=O)O[C@@H]1[C@@H](O[C@@H]1OC[C@@H](O)[C@H](O)[C@H]1O)[C@H]2O)[C@@H](O)[C@H]7O)C(C)(CO)[C@@H]6CC[C@@]5(C)[C@]3(C)CC4. The number of carbonyl (C=O) groups is 3. The highest BCUT2D eigenvalue weighted by Gasteiger charge is 2.72. The lowest BCUT2D eigenvalue weighted by Gasteiger charge is -2.72. The zero-order chi connectivity index (χ0) is 66.9. The molecule has 0 aromatic heterocycles. The quantitative estimate of drug-likeness (QED) is 0.0590. The molecule has 12 bridgehead atoms. The third-order valence-electron chi connectivity index (χ3n) is 24.0. The molecule has 8 saturated heterocycles. The van der Waals surface area contributed by atoms with Crippen molar-refractivity contribution >= 4 is 17.9 Å². The number of rotatable bonds is 4. The maximum atomic E-state index is 15.6. The average Bonchev–Trinajstić information content (AvgIpc) is 0.674. The van der Waals surface area contributed by atoms with Gasteiger partial charge in [-0.3, -0.25) is 14.4 Å². The summed E-state index contributed by atoms with van der Waals surface area (Å²) in [6.07, 6.45) is -36.9. The predicted octanol–water partition coefficient (Wildman–Crippen LogP) is -2.68. The monoisotopic (exact) mass is 1320 g/mol. The van der Waals surface area contributed by atoms with E-state index in [2.05, 4.69) is 40.7 Å². The summed E-state index contributed by atoms with van der Waals surface area (Å²) in [5.41, 5.74) is -5.49. The molecule has 1 unspecified atom stereocenters. The van der Waals surface area contributed by atoms with Gasteiger partial charge >= 0.3 is 17.9 Å². The minimum absolute atomic E-state index is 0.109. The van der Waals surface area contributed by atoms with Gasteiger partial charge in [-0.1, -0.05) is 53.2 Å². The van der Waals surface area contributed by atoms with Crippen molar-refractivity contribution in [3.8, 4) is 0 Å². The summed E-state index contributed by atoms with van der Waals surface area (Å²) in [4.78, 5) is 43.1. The summed E-state index contributed by atoms with van der Waals surface area (Å²) < 4.78 is 72.3. The number of allylic oxidation sites excluding steroid dienone is 2. The molecule has 12 aliphatic heterocycles. The Hall–Kier alpha value is -2.77. The third kappa shape index (κ3) is 12.1. The van der Waals surface area contributed by atoms with E-state index in [0.717, 1.165) is 12.5 Å². The summed E-state index contributed by atoms with van der Waals surface area (Å²) >= 11 is 0. The van der Waals surface area contributed by atoms with Crippen LogP contribution in [-0.4, -0.2) is 275 Å². The van der Waals surface area contributed by atoms with Crippen molar-refractivity contribution in [1.29, 1.82) is 0 Å². The summed E-state index contributed by atoms with van der Waals surface area (Å²) in [6, 6.07) is 0. The van der Waals surface area contributed by atoms with Crippen LogP contribution in [0, 0.1) is 50.2 Å². The fourth-order valence-corrected chi connectivity index (χ4v) is 18.5. The van der Waals surface area contributed by atoms with Crippen molar-refractivity contribution < 1.29 is 143 Å². The zero-order valence-electron chi connectivity index (χ0n) is 53.4. The van der Waals surface area contributed by atoms with Gasteiger partial charge in [0, 0.05) is 5.41 Å². The van der Waals surface area contributed by atoms with Crippen LogP contribution in [0.3, 0.4) is 0 Å². The van der Waals surface area contributed by atoms with E-state index in [4.69, 9.17) is 56.8 Å². The molecular weight excluding hydrogens is 1220 g/mol. The number of ether oxygens (including phenoxy) is 12. The smallest absolute Gasteiger partial charge is 0.315 e. The van der Waals surface area contributed by atoms with Crippen LogP contribution >= 0.6 is 0 Å². The van der Waals surface area contributed by atoms with Crippen LogP contribution in [0.25, 0.3) is 0 Å². The van der Waals surface area contributed by atoms with E-state index in [-0.39, 0.29) is 29.6 Å². The van der Waals surface area contributed by atoms with E-state index in [1.165, 1.54) is 6.92 Å². The highest BCUT2D eigenvalue weighted by Crippen LogP contribution is 2.76. The Morgan fingerprint density at radius 3 is 1.90 bits per heavy atom. The molecule has 0 radical (unpaired) electrons. The number of carbonyl (C=O) groups excluding carboxylic acids is 3. The first-order valence-electron chi connectivity index (χ1n) is 32.6. The van der Waals surface area contributed by atoms with Gasteiger partial charge in [0.2, 0.25) is 6.29 Å². The topological polar surface area (TPSA) is 445 Å². The lowest BCUT2D eigenvalue weighted by molar-refractivity contribution is -0.377. The minimum atomic E-state index is -2.29. The summed E-state index contributed by atoms with van der Waals surface area (Å²) in [5.74, 6) is -3.90. The molecule has 17 aliphatic rings. The highest BCUT2D eigenvalue weighted by atomic mass is 16.8. The van der Waals surface area contributed by atoms with Gasteiger partial charge in [-0.2, -0.15) is 0 Å². The average molecular weight is 1320 g/mol. The Balaban J connectivity index is 0.951. The van der Waals surface area contributed by atoms with Crippen molar-refractivity contribution in [2.75, 3.05) is 33.0 Å². The van der Waals surface area contributed by atoms with Crippen molar-refractivity contribution in [3.63, 3.8) is 0 Å². The Morgan fingerprint density at radius 1 is 0.565 bits per heavy atom. The second kappa shape index (κ2) is 25.8. The zero-order valence-corrected chi connectivity index (χ0v) is 53.4. The molecule has 29 nitrogen and oxygen atoms in total. The first-order chi connectivity index (χ1) is 43.1. The molecule has 0 amide bonds. The van der Waals surface area contributed by atoms with Crippen LogP contribution in [0.2, 0.25) is 0 Å². The van der Waals surface area contributed by atoms with Crippen molar-refractivity contribution in [3.05, 3.63) is 11.6 Å². The van der Waals surface area contributed by atoms with Crippen LogP contribution in [0.1, 0.15) is 126 Å². The Morgan fingerprint density at radius 2 is 1.21 bits per heavy atom. The number of aliphatic hydroxyl groups is 14. The van der Waals surface area contributed by atoms with Crippen LogP contribution in [0.4, 0.5) is 0 Å². The largest absolute Gasteiger partial charge is 0.457 e. The summed E-state index contributed by atoms with van der Waals surface area (Å²) in [5, 5.41) is 159. The van der Waals surface area contributed by atoms with Crippen molar-refractivity contribution in [1.82, 2.24) is 0 Å². The summed E-state index contributed by atoms with van der Waals surface area (Å²) in [7, 11) is 0. The van der Waals surface area contributed by atoms with Crippen molar-refractivity contribution in [2.24, 2.45) is 50.2 Å². The van der Waals surface area contributed by atoms with Gasteiger partial charge in [0.05, 0.1) is 75.2 Å². The van der Waals surface area contributed by atoms with E-state index in [1.807, 2.05) is 6.92 Å². The normalized spacial score (nSPS) is 54.4. The number of hydrogen-bond acceptors (Lipinski definition) is 29. The molecular formula is C63H98O29. The molecule has 17 rings (SSSR count). The van der Waals surface area contributed by atoms with Gasteiger partial charge in [0.15, 0.2) is 43.5 Å². The molecule has 4 saturated carbocycles. The Labute approximate surface area is 533 Å². The molecule has 0 aromatic rings. The van der Waals surface area contributed by atoms with E-state index in [1.54, 1.807) is 0 Å². The molecule has 12 fully saturated rings. The maximum absolute atomic E-state index is 15.6. The van der Waals surface area contributed by atoms with E-state index >= 15 is 4.79 Å². The van der Waals surface area contributed by atoms with Crippen LogP contribution in [0.15, 0.2) is 11.6 Å². The highest BCUT2D eigenvalue weighted by molar-refractivity contribution is 5.79. The van der Waals surface area contributed by atoms with Gasteiger partial charge in [0.25, 0.3) is 0 Å². The fourth-order valence-electron chi connectivity index (χ4n) is 18.5. The van der Waals surface area contributed by atoms with E-state index in [9.17, 15) is 81.1 Å². The Bertz CT molecular complexity index is 2700. The second-order valence-electron chi connectivity index (χ2n) is 30.5. The molecule has 1 spiro atoms. The number of esters is 3. The lowest BCUT2D eigenvalue weighted by atomic mass is 9.33. The van der Waals surface area contributed by atoms with Gasteiger partial charge in [-0.05, 0) is 111 Å². The summed E-state index contributed by atoms with van der Waals surface area (Å²) in [6.45, 7) is 12.2.